The average Bonchev–Trinajstić information content (AvgIpc) is 3.20. The number of aryl methyl sites for hydroxylation is 3. The second-order valence-corrected chi connectivity index (χ2v) is 9.36. The average molecular weight is 480 g/mol. The molecule has 0 atom stereocenters. The number of benzene rings is 1. The number of H-pyrrole nitrogens is 1. The molecule has 176 valence electrons. The first-order chi connectivity index (χ1) is 16.1. The Morgan fingerprint density at radius 2 is 1.62 bits per heavy atom. The van der Waals surface area contributed by atoms with Gasteiger partial charge in [-0.1, -0.05) is 24.9 Å². The molecule has 0 saturated heterocycles. The van der Waals surface area contributed by atoms with Crippen LogP contribution in [0.25, 0.3) is 17.0 Å². The highest BCUT2D eigenvalue weighted by Gasteiger charge is 2.48. The maximum atomic E-state index is 13.7. The second-order valence-electron chi connectivity index (χ2n) is 8.93. The standard InChI is InChI=1S/C26H27ClN4O3/c1-6-7-20-21(25(33)31(28-20)19-10-8-18(27)9-11-19)22-23(26(34)30(15(2)3)24(22)32)29-13-16(4)12-17(5)14-29/h8-15H,6-7H2,1-5H3/p+1. The van der Waals surface area contributed by atoms with Crippen molar-refractivity contribution in [2.45, 2.75) is 53.5 Å². The molecule has 2 aromatic heterocycles. The van der Waals surface area contributed by atoms with E-state index >= 15 is 0 Å². The summed E-state index contributed by atoms with van der Waals surface area (Å²) >= 11 is 6.03. The van der Waals surface area contributed by atoms with E-state index in [-0.39, 0.29) is 28.4 Å². The van der Waals surface area contributed by atoms with Crippen LogP contribution < -0.4 is 10.1 Å². The van der Waals surface area contributed by atoms with E-state index in [1.807, 2.05) is 26.8 Å². The number of amides is 2. The molecule has 0 radical (unpaired) electrons. The maximum Gasteiger partial charge on any atom is 0.327 e. The Labute approximate surface area is 203 Å². The zero-order valence-corrected chi connectivity index (χ0v) is 20.7. The fourth-order valence-electron chi connectivity index (χ4n) is 4.45. The number of aromatic amines is 1. The number of nitrogens with zero attached hydrogens (tertiary/aromatic N) is 3. The van der Waals surface area contributed by atoms with Crippen LogP contribution in [0.3, 0.4) is 0 Å². The molecule has 0 bridgehead atoms. The van der Waals surface area contributed by atoms with Crippen LogP contribution in [0.2, 0.25) is 5.02 Å². The van der Waals surface area contributed by atoms with E-state index in [2.05, 4.69) is 5.10 Å². The number of nitrogens with one attached hydrogen (secondary N) is 1. The topological polar surface area (TPSA) is 79.1 Å². The van der Waals surface area contributed by atoms with E-state index in [1.54, 1.807) is 55.1 Å². The fourth-order valence-corrected chi connectivity index (χ4v) is 4.58. The van der Waals surface area contributed by atoms with Crippen LogP contribution in [-0.4, -0.2) is 32.5 Å². The molecule has 2 amide bonds. The smallest absolute Gasteiger partial charge is 0.294 e. The van der Waals surface area contributed by atoms with Crippen LogP contribution in [0.4, 0.5) is 0 Å². The molecule has 0 fully saturated rings. The van der Waals surface area contributed by atoms with E-state index in [9.17, 15) is 14.4 Å². The number of carbonyl (C=O) groups is 2. The van der Waals surface area contributed by atoms with E-state index in [0.717, 1.165) is 17.5 Å². The first kappa shape index (κ1) is 23.7. The first-order valence-corrected chi connectivity index (χ1v) is 11.7. The van der Waals surface area contributed by atoms with Crippen LogP contribution in [0.15, 0.2) is 47.5 Å². The molecule has 1 aliphatic heterocycles. The van der Waals surface area contributed by atoms with Crippen LogP contribution >= 0.6 is 11.6 Å². The minimum Gasteiger partial charge on any atom is -0.294 e. The van der Waals surface area contributed by atoms with Gasteiger partial charge in [-0.3, -0.25) is 24.4 Å². The summed E-state index contributed by atoms with van der Waals surface area (Å²) in [4.78, 5) is 42.2. The number of imide groups is 1. The predicted molar refractivity (Wildman–Crippen MR) is 132 cm³/mol. The summed E-state index contributed by atoms with van der Waals surface area (Å²) < 4.78 is 3.08. The van der Waals surface area contributed by atoms with Gasteiger partial charge in [0.25, 0.3) is 17.2 Å². The predicted octanol–water partition coefficient (Wildman–Crippen LogP) is 3.82. The molecule has 8 heteroatoms. The zero-order valence-electron chi connectivity index (χ0n) is 20.0. The number of rotatable bonds is 6. The summed E-state index contributed by atoms with van der Waals surface area (Å²) in [7, 11) is 0. The Balaban J connectivity index is 2.05. The van der Waals surface area contributed by atoms with Gasteiger partial charge in [-0.15, -0.1) is 0 Å². The van der Waals surface area contributed by atoms with Crippen molar-refractivity contribution in [1.29, 1.82) is 0 Å². The maximum absolute atomic E-state index is 13.7. The molecule has 3 heterocycles. The lowest BCUT2D eigenvalue weighted by molar-refractivity contribution is -0.577. The lowest BCUT2D eigenvalue weighted by Crippen LogP contribution is -2.42. The van der Waals surface area contributed by atoms with E-state index in [1.165, 1.54) is 9.58 Å². The summed E-state index contributed by atoms with van der Waals surface area (Å²) in [5.41, 5.74) is 3.28. The number of carbonyl (C=O) groups excluding carboxylic acids is 2. The summed E-state index contributed by atoms with van der Waals surface area (Å²) in [6.07, 6.45) is 4.91. The fraction of sp³-hybridized carbons (Fsp3) is 0.308. The molecule has 34 heavy (non-hydrogen) atoms. The van der Waals surface area contributed by atoms with Crippen molar-refractivity contribution in [3.05, 3.63) is 80.5 Å². The molecule has 0 saturated carbocycles. The van der Waals surface area contributed by atoms with Crippen molar-refractivity contribution in [3.63, 3.8) is 0 Å². The highest BCUT2D eigenvalue weighted by molar-refractivity contribution is 6.44. The Kier molecular flexibility index (Phi) is 6.32. The summed E-state index contributed by atoms with van der Waals surface area (Å²) in [5.74, 6) is -0.871. The minimum atomic E-state index is -0.460. The molecule has 3 aromatic rings. The highest BCUT2D eigenvalue weighted by Crippen LogP contribution is 2.32. The molecule has 1 aromatic carbocycles. The number of halogens is 1. The SMILES string of the molecule is CCCc1[nH]n(-c2ccc(Cl)cc2)c(=O)c1C1=C([n+]2cc(C)cc(C)c2)C(=O)N(C(C)C)C1=O. The normalized spacial score (nSPS) is 14.1. The van der Waals surface area contributed by atoms with Crippen LogP contribution in [0.1, 0.15) is 49.6 Å². The van der Waals surface area contributed by atoms with Crippen molar-refractivity contribution in [2.24, 2.45) is 0 Å². The number of aromatic nitrogens is 3. The third-order valence-corrected chi connectivity index (χ3v) is 6.06. The van der Waals surface area contributed by atoms with E-state index in [0.29, 0.717) is 22.8 Å². The van der Waals surface area contributed by atoms with Gasteiger partial charge in [-0.25, -0.2) is 4.68 Å². The van der Waals surface area contributed by atoms with Gasteiger partial charge in [-0.2, -0.15) is 4.57 Å². The van der Waals surface area contributed by atoms with Crippen molar-refractivity contribution >= 4 is 34.7 Å². The van der Waals surface area contributed by atoms with Crippen molar-refractivity contribution in [2.75, 3.05) is 0 Å². The third kappa shape index (κ3) is 4.01. The van der Waals surface area contributed by atoms with Crippen LogP contribution in [0.5, 0.6) is 0 Å². The van der Waals surface area contributed by atoms with Crippen LogP contribution in [0, 0.1) is 13.8 Å². The van der Waals surface area contributed by atoms with Crippen molar-refractivity contribution in [1.82, 2.24) is 14.7 Å². The van der Waals surface area contributed by atoms with Gasteiger partial charge in [0.15, 0.2) is 12.4 Å². The molecule has 0 spiro atoms. The van der Waals surface area contributed by atoms with Gasteiger partial charge in [0.05, 0.1) is 11.3 Å². The summed E-state index contributed by atoms with van der Waals surface area (Å²) in [6.45, 7) is 9.43. The zero-order chi connectivity index (χ0) is 24.7. The Bertz CT molecular complexity index is 1360. The lowest BCUT2D eigenvalue weighted by Gasteiger charge is -2.17. The van der Waals surface area contributed by atoms with Gasteiger partial charge >= 0.3 is 5.91 Å². The molecule has 1 aliphatic rings. The van der Waals surface area contributed by atoms with Gasteiger partial charge in [0.2, 0.25) is 0 Å². The first-order valence-electron chi connectivity index (χ1n) is 11.4. The second kappa shape index (κ2) is 9.06. The Hall–Kier alpha value is -3.45. The van der Waals surface area contributed by atoms with Gasteiger partial charge in [0, 0.05) is 27.9 Å². The Morgan fingerprint density at radius 1 is 1.00 bits per heavy atom. The van der Waals surface area contributed by atoms with Gasteiger partial charge in [-0.05, 0) is 64.4 Å². The largest absolute Gasteiger partial charge is 0.327 e. The molecule has 7 nitrogen and oxygen atoms in total. The lowest BCUT2D eigenvalue weighted by atomic mass is 10.0. The molecule has 4 rings (SSSR count). The highest BCUT2D eigenvalue weighted by atomic mass is 35.5. The quantitative estimate of drug-likeness (QED) is 0.431. The molecular weight excluding hydrogens is 452 g/mol. The Morgan fingerprint density at radius 3 is 2.18 bits per heavy atom. The monoisotopic (exact) mass is 479 g/mol. The van der Waals surface area contributed by atoms with Crippen molar-refractivity contribution < 1.29 is 14.2 Å². The third-order valence-electron chi connectivity index (χ3n) is 5.81. The molecular formula is C26H28ClN4O3+. The molecule has 1 N–H and O–H groups in total. The summed E-state index contributed by atoms with van der Waals surface area (Å²) in [5, 5.41) is 3.73. The van der Waals surface area contributed by atoms with E-state index < -0.39 is 11.8 Å². The van der Waals surface area contributed by atoms with E-state index in [4.69, 9.17) is 11.6 Å². The van der Waals surface area contributed by atoms with Crippen molar-refractivity contribution in [3.8, 4) is 5.69 Å². The van der Waals surface area contributed by atoms with Gasteiger partial charge < -0.3 is 0 Å². The molecule has 0 unspecified atom stereocenters. The number of pyridine rings is 1. The molecule has 0 aliphatic carbocycles. The summed E-state index contributed by atoms with van der Waals surface area (Å²) in [6, 6.07) is 8.50. The number of hydrogen-bond acceptors (Lipinski definition) is 3. The van der Waals surface area contributed by atoms with Crippen LogP contribution in [-0.2, 0) is 16.0 Å². The number of hydrogen-bond donors (Lipinski definition) is 1. The minimum absolute atomic E-state index is 0.131. The van der Waals surface area contributed by atoms with Gasteiger partial charge in [0.1, 0.15) is 5.57 Å².